The lowest BCUT2D eigenvalue weighted by Gasteiger charge is -2.09. The van der Waals surface area contributed by atoms with Gasteiger partial charge in [-0.3, -0.25) is 14.9 Å². The molecule has 0 unspecified atom stereocenters. The Morgan fingerprint density at radius 2 is 1.69 bits per heavy atom. The summed E-state index contributed by atoms with van der Waals surface area (Å²) < 4.78 is 25.6. The largest absolute Gasteiger partial charge is 0.370 e. The van der Waals surface area contributed by atoms with Crippen molar-refractivity contribution in [3.63, 3.8) is 0 Å². The van der Waals surface area contributed by atoms with Gasteiger partial charge in [-0.15, -0.1) is 0 Å². The van der Waals surface area contributed by atoms with Crippen molar-refractivity contribution in [2.45, 2.75) is 23.6 Å². The maximum absolute atomic E-state index is 12.8. The molecule has 0 fully saturated rings. The molecule has 0 atom stereocenters. The van der Waals surface area contributed by atoms with Crippen LogP contribution in [0.1, 0.15) is 21.5 Å². The Morgan fingerprint density at radius 3 is 2.19 bits per heavy atom. The fraction of sp³-hybridized carbons (Fsp3) is 0.125. The van der Waals surface area contributed by atoms with Gasteiger partial charge in [0.15, 0.2) is 5.96 Å². The number of nitrogens with two attached hydrogens (primary N) is 2. The molecule has 2 aromatic rings. The van der Waals surface area contributed by atoms with Gasteiger partial charge in [-0.1, -0.05) is 17.7 Å². The third-order valence-corrected chi connectivity index (χ3v) is 5.38. The summed E-state index contributed by atoms with van der Waals surface area (Å²) in [6, 6.07) is 7.84. The predicted octanol–water partition coefficient (Wildman–Crippen LogP) is 1.46. The van der Waals surface area contributed by atoms with Gasteiger partial charge in [0.05, 0.1) is 15.4 Å². The summed E-state index contributed by atoms with van der Waals surface area (Å²) in [7, 11) is -4.16. The van der Waals surface area contributed by atoms with Crippen molar-refractivity contribution in [3.8, 4) is 0 Å². The van der Waals surface area contributed by atoms with Gasteiger partial charge in [0, 0.05) is 6.07 Å². The van der Waals surface area contributed by atoms with E-state index in [-0.39, 0.29) is 16.0 Å². The van der Waals surface area contributed by atoms with Gasteiger partial charge in [0.1, 0.15) is 4.90 Å². The van der Waals surface area contributed by atoms with Gasteiger partial charge in [0.25, 0.3) is 11.6 Å². The molecule has 26 heavy (non-hydrogen) atoms. The molecule has 136 valence electrons. The summed E-state index contributed by atoms with van der Waals surface area (Å²) in [6.45, 7) is 3.22. The van der Waals surface area contributed by atoms with Crippen molar-refractivity contribution in [3.05, 3.63) is 63.2 Å². The number of guanidine groups is 1. The lowest BCUT2D eigenvalue weighted by molar-refractivity contribution is -0.387. The minimum Gasteiger partial charge on any atom is -0.370 e. The van der Waals surface area contributed by atoms with Crippen molar-refractivity contribution in [1.82, 2.24) is 0 Å². The van der Waals surface area contributed by atoms with Crippen LogP contribution in [0.4, 0.5) is 5.69 Å². The normalized spacial score (nSPS) is 11.0. The monoisotopic (exact) mass is 376 g/mol. The number of rotatable bonds is 4. The van der Waals surface area contributed by atoms with Crippen LogP contribution in [0.2, 0.25) is 0 Å². The van der Waals surface area contributed by atoms with Crippen LogP contribution in [0.25, 0.3) is 0 Å². The van der Waals surface area contributed by atoms with Crippen LogP contribution in [0, 0.1) is 24.0 Å². The van der Waals surface area contributed by atoms with Crippen LogP contribution in [-0.4, -0.2) is 25.2 Å². The molecule has 2 rings (SSSR count). The summed E-state index contributed by atoms with van der Waals surface area (Å²) in [5, 5.41) is 11.4. The summed E-state index contributed by atoms with van der Waals surface area (Å²) >= 11 is 0. The summed E-state index contributed by atoms with van der Waals surface area (Å²) in [5.41, 5.74) is 10.4. The first-order valence-electron chi connectivity index (χ1n) is 7.29. The van der Waals surface area contributed by atoms with Gasteiger partial charge in [0.2, 0.25) is 9.84 Å². The number of hydrogen-bond acceptors (Lipinski definition) is 5. The molecule has 0 aliphatic rings. The Hall–Kier alpha value is -3.27. The molecule has 2 aromatic carbocycles. The molecular formula is C16H16N4O5S. The molecule has 0 aliphatic heterocycles. The fourth-order valence-electron chi connectivity index (χ4n) is 2.28. The highest BCUT2D eigenvalue weighted by Gasteiger charge is 2.30. The molecule has 0 aromatic heterocycles. The minimum atomic E-state index is -4.16. The van der Waals surface area contributed by atoms with Crippen molar-refractivity contribution >= 4 is 27.4 Å². The highest BCUT2D eigenvalue weighted by molar-refractivity contribution is 7.91. The lowest BCUT2D eigenvalue weighted by atomic mass is 10.1. The topological polar surface area (TPSA) is 159 Å². The zero-order chi connectivity index (χ0) is 19.6. The Morgan fingerprint density at radius 1 is 1.12 bits per heavy atom. The van der Waals surface area contributed by atoms with Gasteiger partial charge >= 0.3 is 0 Å². The van der Waals surface area contributed by atoms with E-state index in [2.05, 4.69) is 4.99 Å². The number of nitrogens with zero attached hydrogens (tertiary/aromatic N) is 2. The highest BCUT2D eigenvalue weighted by Crippen LogP contribution is 2.32. The maximum atomic E-state index is 12.8. The van der Waals surface area contributed by atoms with E-state index in [0.717, 1.165) is 17.7 Å². The number of amides is 1. The highest BCUT2D eigenvalue weighted by atomic mass is 32.2. The minimum absolute atomic E-state index is 0.0890. The average molecular weight is 376 g/mol. The van der Waals surface area contributed by atoms with Crippen LogP contribution < -0.4 is 11.5 Å². The molecule has 0 aliphatic carbocycles. The quantitative estimate of drug-likeness (QED) is 0.353. The molecule has 9 nitrogen and oxygen atoms in total. The third kappa shape index (κ3) is 3.70. The SMILES string of the molecule is Cc1ccc(S(=O)(=O)c2cc(C)c(C(=O)N=C(N)N)cc2[N+](=O)[O-])cc1. The molecule has 0 radical (unpaired) electrons. The molecule has 0 heterocycles. The fourth-order valence-corrected chi connectivity index (χ4v) is 3.77. The standard InChI is InChI=1S/C16H16N4O5S/c1-9-3-5-11(6-4-9)26(24,25)14-7-10(2)12(8-13(14)20(22)23)15(21)19-16(17)18/h3-8H,1-2H3,(H4,17,18,19,21). The third-order valence-electron chi connectivity index (χ3n) is 3.58. The van der Waals surface area contributed by atoms with E-state index >= 15 is 0 Å². The molecule has 1 amide bonds. The van der Waals surface area contributed by atoms with Crippen LogP contribution in [0.3, 0.4) is 0 Å². The molecule has 0 saturated carbocycles. The second kappa shape index (κ2) is 6.92. The lowest BCUT2D eigenvalue weighted by Crippen LogP contribution is -2.24. The van der Waals surface area contributed by atoms with Crippen LogP contribution in [0.15, 0.2) is 51.2 Å². The van der Waals surface area contributed by atoms with Crippen LogP contribution in [-0.2, 0) is 9.84 Å². The Bertz CT molecular complexity index is 1020. The van der Waals surface area contributed by atoms with Crippen molar-refractivity contribution < 1.29 is 18.1 Å². The number of sulfone groups is 1. The predicted molar refractivity (Wildman–Crippen MR) is 94.6 cm³/mol. The summed E-state index contributed by atoms with van der Waals surface area (Å²) in [6.07, 6.45) is 0. The van der Waals surface area contributed by atoms with E-state index in [1.165, 1.54) is 19.1 Å². The Labute approximate surface area is 149 Å². The molecule has 4 N–H and O–H groups in total. The molecular weight excluding hydrogens is 360 g/mol. The zero-order valence-corrected chi connectivity index (χ0v) is 14.8. The second-order valence-corrected chi connectivity index (χ2v) is 7.47. The average Bonchev–Trinajstić information content (AvgIpc) is 2.53. The Balaban J connectivity index is 2.72. The van der Waals surface area contributed by atoms with Crippen molar-refractivity contribution in [1.29, 1.82) is 0 Å². The van der Waals surface area contributed by atoms with Crippen molar-refractivity contribution in [2.24, 2.45) is 16.5 Å². The molecule has 0 bridgehead atoms. The number of nitro benzene ring substituents is 1. The van der Waals surface area contributed by atoms with Crippen molar-refractivity contribution in [2.75, 3.05) is 0 Å². The number of carbonyl (C=O) groups excluding carboxylic acids is 1. The van der Waals surface area contributed by atoms with E-state index in [9.17, 15) is 23.3 Å². The number of nitro groups is 1. The van der Waals surface area contributed by atoms with E-state index in [1.807, 2.05) is 0 Å². The first kappa shape index (κ1) is 19.1. The molecule has 10 heteroatoms. The van der Waals surface area contributed by atoms with Gasteiger partial charge in [-0.05, 0) is 37.6 Å². The van der Waals surface area contributed by atoms with Gasteiger partial charge in [-0.25, -0.2) is 8.42 Å². The number of benzene rings is 2. The maximum Gasteiger partial charge on any atom is 0.289 e. The van der Waals surface area contributed by atoms with Gasteiger partial charge < -0.3 is 11.5 Å². The van der Waals surface area contributed by atoms with Gasteiger partial charge in [-0.2, -0.15) is 4.99 Å². The Kier molecular flexibility index (Phi) is 5.07. The first-order valence-corrected chi connectivity index (χ1v) is 8.77. The summed E-state index contributed by atoms with van der Waals surface area (Å²) in [4.78, 5) is 25.3. The first-order chi connectivity index (χ1) is 12.0. The van der Waals surface area contributed by atoms with E-state index < -0.39 is 37.2 Å². The molecule has 0 spiro atoms. The van der Waals surface area contributed by atoms with E-state index in [4.69, 9.17) is 11.5 Å². The number of aliphatic imine (C=N–C) groups is 1. The number of hydrogen-bond donors (Lipinski definition) is 2. The smallest absolute Gasteiger partial charge is 0.289 e. The van der Waals surface area contributed by atoms with E-state index in [1.54, 1.807) is 19.1 Å². The second-order valence-electron chi connectivity index (χ2n) is 5.55. The summed E-state index contributed by atoms with van der Waals surface area (Å²) in [5.74, 6) is -1.40. The van der Waals surface area contributed by atoms with Crippen LogP contribution in [0.5, 0.6) is 0 Å². The molecule has 0 saturated heterocycles. The zero-order valence-electron chi connectivity index (χ0n) is 14.0. The number of carbonyl (C=O) groups is 1. The number of aryl methyl sites for hydroxylation is 2. The van der Waals surface area contributed by atoms with Crippen LogP contribution >= 0.6 is 0 Å². The van der Waals surface area contributed by atoms with E-state index in [0.29, 0.717) is 0 Å².